The molecule has 0 fully saturated rings. The highest BCUT2D eigenvalue weighted by Gasteiger charge is 2.12. The fraction of sp³-hybridized carbons (Fsp3) is 0.316. The lowest BCUT2D eigenvalue weighted by atomic mass is 10.1. The van der Waals surface area contributed by atoms with Gasteiger partial charge < -0.3 is 20.5 Å². The molecule has 0 saturated carbocycles. The van der Waals surface area contributed by atoms with Crippen molar-refractivity contribution in [2.75, 3.05) is 19.0 Å². The second-order valence-corrected chi connectivity index (χ2v) is 5.74. The normalized spacial score (nSPS) is 11.8. The lowest BCUT2D eigenvalue weighted by Crippen LogP contribution is -2.28. The van der Waals surface area contributed by atoms with E-state index in [1.807, 2.05) is 13.0 Å². The van der Waals surface area contributed by atoms with Crippen molar-refractivity contribution in [3.8, 4) is 5.75 Å². The van der Waals surface area contributed by atoms with Crippen molar-refractivity contribution >= 4 is 11.6 Å². The summed E-state index contributed by atoms with van der Waals surface area (Å²) in [5.41, 5.74) is 7.84. The number of rotatable bonds is 8. The number of hydrogen-bond donors (Lipinski definition) is 2. The molecule has 0 aliphatic heterocycles. The van der Waals surface area contributed by atoms with Crippen LogP contribution >= 0.6 is 0 Å². The van der Waals surface area contributed by atoms with Gasteiger partial charge >= 0.3 is 0 Å². The molecule has 6 heteroatoms. The summed E-state index contributed by atoms with van der Waals surface area (Å²) in [7, 11) is 1.53. The van der Waals surface area contributed by atoms with Gasteiger partial charge in [-0.25, -0.2) is 4.39 Å². The largest absolute Gasteiger partial charge is 0.489 e. The van der Waals surface area contributed by atoms with E-state index >= 15 is 0 Å². The lowest BCUT2D eigenvalue weighted by Gasteiger charge is -2.14. The van der Waals surface area contributed by atoms with Gasteiger partial charge in [0.2, 0.25) is 5.91 Å². The number of methoxy groups -OCH3 is 1. The number of carbonyl (C=O) groups excluding carboxylic acids is 1. The summed E-state index contributed by atoms with van der Waals surface area (Å²) in [6.45, 7) is 2.44. The molecule has 0 saturated heterocycles. The van der Waals surface area contributed by atoms with Gasteiger partial charge in [-0.3, -0.25) is 4.79 Å². The Morgan fingerprint density at radius 3 is 2.72 bits per heavy atom. The van der Waals surface area contributed by atoms with E-state index in [4.69, 9.17) is 15.2 Å². The van der Waals surface area contributed by atoms with Gasteiger partial charge in [0, 0.05) is 19.3 Å². The number of ether oxygens (including phenoxy) is 2. The molecular weight excluding hydrogens is 323 g/mol. The molecule has 1 unspecified atom stereocenters. The molecule has 0 aliphatic rings. The van der Waals surface area contributed by atoms with E-state index in [-0.39, 0.29) is 37.4 Å². The number of amides is 1. The van der Waals surface area contributed by atoms with E-state index in [2.05, 4.69) is 5.32 Å². The average molecular weight is 346 g/mol. The number of halogens is 1. The van der Waals surface area contributed by atoms with Crippen molar-refractivity contribution in [2.24, 2.45) is 5.73 Å². The van der Waals surface area contributed by atoms with E-state index in [0.717, 1.165) is 11.1 Å². The first-order valence-electron chi connectivity index (χ1n) is 8.02. The van der Waals surface area contributed by atoms with E-state index in [1.54, 1.807) is 24.3 Å². The molecule has 0 bridgehead atoms. The maximum absolute atomic E-state index is 13.2. The number of hydrogen-bond acceptors (Lipinski definition) is 4. The number of carbonyl (C=O) groups is 1. The highest BCUT2D eigenvalue weighted by atomic mass is 19.1. The third-order valence-corrected chi connectivity index (χ3v) is 3.78. The van der Waals surface area contributed by atoms with E-state index in [0.29, 0.717) is 11.4 Å². The zero-order valence-electron chi connectivity index (χ0n) is 14.4. The molecule has 25 heavy (non-hydrogen) atoms. The molecular formula is C19H23FN2O3. The first-order chi connectivity index (χ1) is 12.0. The summed E-state index contributed by atoms with van der Waals surface area (Å²) < 4.78 is 23.9. The van der Waals surface area contributed by atoms with Gasteiger partial charge in [0.15, 0.2) is 0 Å². The van der Waals surface area contributed by atoms with Crippen LogP contribution in [0.15, 0.2) is 42.5 Å². The molecule has 2 rings (SSSR count). The molecule has 0 spiro atoms. The Morgan fingerprint density at radius 2 is 2.08 bits per heavy atom. The molecule has 1 amide bonds. The number of aryl methyl sites for hydroxylation is 1. The molecule has 1 atom stereocenters. The third-order valence-electron chi connectivity index (χ3n) is 3.78. The fourth-order valence-corrected chi connectivity index (χ4v) is 2.33. The minimum absolute atomic E-state index is 0.158. The second-order valence-electron chi connectivity index (χ2n) is 5.74. The van der Waals surface area contributed by atoms with Crippen LogP contribution in [0.4, 0.5) is 10.1 Å². The Hall–Kier alpha value is -2.44. The Kier molecular flexibility index (Phi) is 6.91. The van der Waals surface area contributed by atoms with Crippen molar-refractivity contribution in [1.82, 2.24) is 0 Å². The topological polar surface area (TPSA) is 73.6 Å². The van der Waals surface area contributed by atoms with E-state index in [1.165, 1.54) is 19.2 Å². The van der Waals surface area contributed by atoms with Crippen LogP contribution in [0, 0.1) is 12.7 Å². The van der Waals surface area contributed by atoms with Gasteiger partial charge in [0.05, 0.1) is 12.5 Å². The van der Waals surface area contributed by atoms with Crippen LogP contribution in [0.5, 0.6) is 5.75 Å². The Bertz CT molecular complexity index is 718. The van der Waals surface area contributed by atoms with Crippen LogP contribution in [-0.2, 0) is 16.1 Å². The molecule has 3 N–H and O–H groups in total. The minimum atomic E-state index is -0.297. The van der Waals surface area contributed by atoms with Crippen molar-refractivity contribution in [3.05, 3.63) is 59.4 Å². The molecule has 0 aliphatic carbocycles. The number of anilines is 1. The summed E-state index contributed by atoms with van der Waals surface area (Å²) in [4.78, 5) is 12.0. The monoisotopic (exact) mass is 346 g/mol. The van der Waals surface area contributed by atoms with Crippen molar-refractivity contribution in [2.45, 2.75) is 26.1 Å². The van der Waals surface area contributed by atoms with Gasteiger partial charge in [0.1, 0.15) is 18.2 Å². The summed E-state index contributed by atoms with van der Waals surface area (Å²) in [5.74, 6) is 0.201. The van der Waals surface area contributed by atoms with Crippen LogP contribution in [0.1, 0.15) is 17.5 Å². The zero-order valence-corrected chi connectivity index (χ0v) is 14.4. The molecule has 134 valence electrons. The first kappa shape index (κ1) is 18.9. The molecule has 0 heterocycles. The Labute approximate surface area is 146 Å². The summed E-state index contributed by atoms with van der Waals surface area (Å²) in [6, 6.07) is 11.6. The van der Waals surface area contributed by atoms with Crippen LogP contribution in [0.2, 0.25) is 0 Å². The quantitative estimate of drug-likeness (QED) is 0.771. The van der Waals surface area contributed by atoms with Crippen LogP contribution in [-0.4, -0.2) is 25.7 Å². The van der Waals surface area contributed by atoms with Crippen LogP contribution in [0.25, 0.3) is 0 Å². The van der Waals surface area contributed by atoms with Crippen molar-refractivity contribution in [3.63, 3.8) is 0 Å². The fourth-order valence-electron chi connectivity index (χ4n) is 2.33. The second kappa shape index (κ2) is 9.15. The lowest BCUT2D eigenvalue weighted by molar-refractivity contribution is -0.118. The van der Waals surface area contributed by atoms with E-state index in [9.17, 15) is 9.18 Å². The number of nitrogens with one attached hydrogen (secondary N) is 1. The molecule has 0 aromatic heterocycles. The SMILES string of the molecule is COC(CN)CC(=O)Nc1ccc(OCc2cccc(F)c2)cc1C. The smallest absolute Gasteiger partial charge is 0.227 e. The molecule has 0 radical (unpaired) electrons. The average Bonchev–Trinajstić information content (AvgIpc) is 2.60. The number of nitrogens with two attached hydrogens (primary N) is 1. The summed E-state index contributed by atoms with van der Waals surface area (Å²) in [6.07, 6.45) is -0.0984. The maximum atomic E-state index is 13.2. The molecule has 5 nitrogen and oxygen atoms in total. The van der Waals surface area contributed by atoms with Gasteiger partial charge in [-0.15, -0.1) is 0 Å². The predicted octanol–water partition coefficient (Wildman–Crippen LogP) is 3.02. The highest BCUT2D eigenvalue weighted by Crippen LogP contribution is 2.22. The minimum Gasteiger partial charge on any atom is -0.489 e. The van der Waals surface area contributed by atoms with Gasteiger partial charge in [-0.1, -0.05) is 12.1 Å². The van der Waals surface area contributed by atoms with Gasteiger partial charge in [-0.2, -0.15) is 0 Å². The van der Waals surface area contributed by atoms with Crippen molar-refractivity contribution < 1.29 is 18.7 Å². The summed E-state index contributed by atoms with van der Waals surface area (Å²) in [5, 5.41) is 2.84. The standard InChI is InChI=1S/C19H23FN2O3/c1-13-8-16(25-12-14-4-3-5-15(20)9-14)6-7-18(13)22-19(23)10-17(11-21)24-2/h3-9,17H,10-12,21H2,1-2H3,(H,22,23). The summed E-state index contributed by atoms with van der Waals surface area (Å²) >= 11 is 0. The Balaban J connectivity index is 1.94. The maximum Gasteiger partial charge on any atom is 0.227 e. The Morgan fingerprint density at radius 1 is 1.28 bits per heavy atom. The van der Waals surface area contributed by atoms with Gasteiger partial charge in [0.25, 0.3) is 0 Å². The first-order valence-corrected chi connectivity index (χ1v) is 8.02. The molecule has 2 aromatic carbocycles. The van der Waals surface area contributed by atoms with Crippen LogP contribution in [0.3, 0.4) is 0 Å². The number of benzene rings is 2. The van der Waals surface area contributed by atoms with Crippen molar-refractivity contribution in [1.29, 1.82) is 0 Å². The van der Waals surface area contributed by atoms with Crippen LogP contribution < -0.4 is 15.8 Å². The molecule has 2 aromatic rings. The third kappa shape index (κ3) is 5.85. The van der Waals surface area contributed by atoms with E-state index < -0.39 is 0 Å². The zero-order chi connectivity index (χ0) is 18.2. The highest BCUT2D eigenvalue weighted by molar-refractivity contribution is 5.91. The predicted molar refractivity (Wildman–Crippen MR) is 95.0 cm³/mol. The van der Waals surface area contributed by atoms with Gasteiger partial charge in [-0.05, 0) is 48.4 Å².